The van der Waals surface area contributed by atoms with E-state index in [-0.39, 0.29) is 39.6 Å². The first-order chi connectivity index (χ1) is 15.0. The SMILES string of the molecule is O=C(NCc1ccc(Oc2cc(C(F)(F)F)cc(Cl)n2)cc1)c1cc([N+](=O)[O-])ccc1Cl. The van der Waals surface area contributed by atoms with Crippen LogP contribution in [-0.4, -0.2) is 15.8 Å². The van der Waals surface area contributed by atoms with Crippen molar-refractivity contribution < 1.29 is 27.6 Å². The fraction of sp³-hybridized carbons (Fsp3) is 0.100. The van der Waals surface area contributed by atoms with Crippen LogP contribution in [-0.2, 0) is 12.7 Å². The van der Waals surface area contributed by atoms with Crippen LogP contribution in [0.1, 0.15) is 21.5 Å². The Morgan fingerprint density at radius 2 is 1.78 bits per heavy atom. The Hall–Kier alpha value is -3.37. The second-order valence-corrected chi connectivity index (χ2v) is 7.16. The Kier molecular flexibility index (Phi) is 6.85. The van der Waals surface area contributed by atoms with Crippen molar-refractivity contribution in [2.24, 2.45) is 0 Å². The van der Waals surface area contributed by atoms with E-state index in [9.17, 15) is 28.1 Å². The summed E-state index contributed by atoms with van der Waals surface area (Å²) in [6.45, 7) is 0.0613. The minimum Gasteiger partial charge on any atom is -0.439 e. The van der Waals surface area contributed by atoms with E-state index in [0.29, 0.717) is 11.6 Å². The molecule has 0 aliphatic carbocycles. The molecule has 0 spiro atoms. The summed E-state index contributed by atoms with van der Waals surface area (Å²) in [6, 6.07) is 11.0. The predicted octanol–water partition coefficient (Wildman–Crippen LogP) is 6.04. The lowest BCUT2D eigenvalue weighted by Gasteiger charge is -2.11. The number of rotatable bonds is 6. The van der Waals surface area contributed by atoms with Crippen molar-refractivity contribution in [2.75, 3.05) is 0 Å². The van der Waals surface area contributed by atoms with Crippen LogP contribution >= 0.6 is 23.2 Å². The summed E-state index contributed by atoms with van der Waals surface area (Å²) in [5, 5.41) is 13.1. The monoisotopic (exact) mass is 485 g/mol. The summed E-state index contributed by atoms with van der Waals surface area (Å²) in [7, 11) is 0. The number of carbonyl (C=O) groups is 1. The van der Waals surface area contributed by atoms with Gasteiger partial charge in [0.05, 0.1) is 21.1 Å². The first-order valence-corrected chi connectivity index (χ1v) is 9.52. The molecule has 0 saturated heterocycles. The van der Waals surface area contributed by atoms with Gasteiger partial charge in [-0.3, -0.25) is 14.9 Å². The molecule has 1 N–H and O–H groups in total. The molecule has 1 aromatic heterocycles. The van der Waals surface area contributed by atoms with Crippen LogP contribution in [0.15, 0.2) is 54.6 Å². The number of nitro benzene ring substituents is 1. The van der Waals surface area contributed by atoms with E-state index in [0.717, 1.165) is 12.1 Å². The number of hydrogen-bond donors (Lipinski definition) is 1. The first-order valence-electron chi connectivity index (χ1n) is 8.76. The lowest BCUT2D eigenvalue weighted by Crippen LogP contribution is -2.23. The van der Waals surface area contributed by atoms with Gasteiger partial charge in [0.25, 0.3) is 11.6 Å². The highest BCUT2D eigenvalue weighted by atomic mass is 35.5. The number of benzene rings is 2. The van der Waals surface area contributed by atoms with Gasteiger partial charge in [0.1, 0.15) is 10.9 Å². The van der Waals surface area contributed by atoms with Crippen LogP contribution in [0.25, 0.3) is 0 Å². The lowest BCUT2D eigenvalue weighted by molar-refractivity contribution is -0.384. The maximum Gasteiger partial charge on any atom is 0.416 e. The molecule has 7 nitrogen and oxygen atoms in total. The van der Waals surface area contributed by atoms with Crippen LogP contribution in [0.3, 0.4) is 0 Å². The third-order valence-corrected chi connectivity index (χ3v) is 4.63. The molecule has 166 valence electrons. The van der Waals surface area contributed by atoms with Gasteiger partial charge in [0, 0.05) is 24.7 Å². The van der Waals surface area contributed by atoms with E-state index in [1.165, 1.54) is 24.3 Å². The van der Waals surface area contributed by atoms with Gasteiger partial charge in [0.2, 0.25) is 5.88 Å². The normalized spacial score (nSPS) is 11.2. The average Bonchev–Trinajstić information content (AvgIpc) is 2.72. The molecule has 0 aliphatic rings. The molecule has 1 amide bonds. The zero-order valence-electron chi connectivity index (χ0n) is 15.8. The van der Waals surface area contributed by atoms with E-state index < -0.39 is 22.6 Å². The quantitative estimate of drug-likeness (QED) is 0.261. The summed E-state index contributed by atoms with van der Waals surface area (Å²) in [4.78, 5) is 26.2. The van der Waals surface area contributed by atoms with Crippen molar-refractivity contribution in [3.05, 3.63) is 91.6 Å². The molecule has 0 radical (unpaired) electrons. The minimum atomic E-state index is -4.60. The number of nitro groups is 1. The van der Waals surface area contributed by atoms with Crippen LogP contribution < -0.4 is 10.1 Å². The van der Waals surface area contributed by atoms with Crippen LogP contribution in [0.4, 0.5) is 18.9 Å². The van der Waals surface area contributed by atoms with Gasteiger partial charge in [-0.2, -0.15) is 13.2 Å². The lowest BCUT2D eigenvalue weighted by atomic mass is 10.1. The Bertz CT molecular complexity index is 1170. The molecule has 0 fully saturated rings. The van der Waals surface area contributed by atoms with Gasteiger partial charge in [0.15, 0.2) is 0 Å². The van der Waals surface area contributed by atoms with Crippen molar-refractivity contribution in [3.8, 4) is 11.6 Å². The highest BCUT2D eigenvalue weighted by Crippen LogP contribution is 2.33. The van der Waals surface area contributed by atoms with Gasteiger partial charge in [-0.25, -0.2) is 4.98 Å². The highest BCUT2D eigenvalue weighted by molar-refractivity contribution is 6.34. The number of ether oxygens (including phenoxy) is 1. The molecule has 0 saturated carbocycles. The number of alkyl halides is 3. The third-order valence-electron chi connectivity index (χ3n) is 4.10. The van der Waals surface area contributed by atoms with E-state index >= 15 is 0 Å². The number of pyridine rings is 1. The largest absolute Gasteiger partial charge is 0.439 e. The molecule has 12 heteroatoms. The minimum absolute atomic E-state index is 0.0479. The zero-order chi connectivity index (χ0) is 23.5. The van der Waals surface area contributed by atoms with Crippen molar-refractivity contribution in [3.63, 3.8) is 0 Å². The highest BCUT2D eigenvalue weighted by Gasteiger charge is 2.32. The molecule has 0 atom stereocenters. The maximum absolute atomic E-state index is 12.9. The summed E-state index contributed by atoms with van der Waals surface area (Å²) in [5.41, 5.74) is -0.688. The van der Waals surface area contributed by atoms with Crippen molar-refractivity contribution in [1.82, 2.24) is 10.3 Å². The number of hydrogen-bond acceptors (Lipinski definition) is 5. The molecule has 0 bridgehead atoms. The molecular weight excluding hydrogens is 474 g/mol. The number of non-ortho nitro benzene ring substituents is 1. The van der Waals surface area contributed by atoms with Gasteiger partial charge in [-0.1, -0.05) is 35.3 Å². The standard InChI is InChI=1S/C20H12Cl2F3N3O4/c21-16-6-3-13(28(30)31)9-15(16)19(29)26-10-11-1-4-14(5-2-11)32-18-8-12(20(23,24)25)7-17(22)27-18/h1-9H,10H2,(H,26,29). The van der Waals surface area contributed by atoms with E-state index in [4.69, 9.17) is 27.9 Å². The van der Waals surface area contributed by atoms with Crippen molar-refractivity contribution >= 4 is 34.8 Å². The van der Waals surface area contributed by atoms with Gasteiger partial charge in [-0.05, 0) is 29.8 Å². The Labute approximate surface area is 188 Å². The number of aromatic nitrogens is 1. The van der Waals surface area contributed by atoms with E-state index in [2.05, 4.69) is 10.3 Å². The fourth-order valence-electron chi connectivity index (χ4n) is 2.56. The number of nitrogens with one attached hydrogen (secondary N) is 1. The van der Waals surface area contributed by atoms with E-state index in [1.807, 2.05) is 0 Å². The summed E-state index contributed by atoms with van der Waals surface area (Å²) in [6.07, 6.45) is -4.60. The Balaban J connectivity index is 1.66. The van der Waals surface area contributed by atoms with Crippen LogP contribution in [0.2, 0.25) is 10.2 Å². The molecule has 1 heterocycles. The zero-order valence-corrected chi connectivity index (χ0v) is 17.3. The van der Waals surface area contributed by atoms with Gasteiger partial charge < -0.3 is 10.1 Å². The topological polar surface area (TPSA) is 94.4 Å². The first kappa shape index (κ1) is 23.3. The van der Waals surface area contributed by atoms with Gasteiger partial charge >= 0.3 is 6.18 Å². The fourth-order valence-corrected chi connectivity index (χ4v) is 2.97. The second-order valence-electron chi connectivity index (χ2n) is 6.36. The summed E-state index contributed by atoms with van der Waals surface area (Å²) >= 11 is 11.6. The summed E-state index contributed by atoms with van der Waals surface area (Å²) < 4.78 is 44.0. The molecular formula is C20H12Cl2F3N3O4. The predicted molar refractivity (Wildman–Crippen MR) is 110 cm³/mol. The molecule has 3 rings (SSSR count). The second kappa shape index (κ2) is 9.41. The third kappa shape index (κ3) is 5.86. The van der Waals surface area contributed by atoms with Crippen LogP contribution in [0.5, 0.6) is 11.6 Å². The molecule has 0 aliphatic heterocycles. The van der Waals surface area contributed by atoms with E-state index in [1.54, 1.807) is 12.1 Å². The average molecular weight is 486 g/mol. The van der Waals surface area contributed by atoms with Crippen LogP contribution in [0, 0.1) is 10.1 Å². The molecule has 2 aromatic carbocycles. The van der Waals surface area contributed by atoms with Crippen molar-refractivity contribution in [2.45, 2.75) is 12.7 Å². The Morgan fingerprint density at radius 3 is 2.41 bits per heavy atom. The maximum atomic E-state index is 12.9. The molecule has 32 heavy (non-hydrogen) atoms. The number of halogens is 5. The van der Waals surface area contributed by atoms with Crippen molar-refractivity contribution in [1.29, 1.82) is 0 Å². The smallest absolute Gasteiger partial charge is 0.416 e. The van der Waals surface area contributed by atoms with Gasteiger partial charge in [-0.15, -0.1) is 0 Å². The Morgan fingerprint density at radius 1 is 1.09 bits per heavy atom. The number of nitrogens with zero attached hydrogens (tertiary/aromatic N) is 2. The number of carbonyl (C=O) groups excluding carboxylic acids is 1. The number of amides is 1. The molecule has 3 aromatic rings. The molecule has 0 unspecified atom stereocenters. The summed E-state index contributed by atoms with van der Waals surface area (Å²) in [5.74, 6) is -0.738.